The van der Waals surface area contributed by atoms with E-state index in [-0.39, 0.29) is 5.88 Å². The molecule has 5 aromatic rings. The van der Waals surface area contributed by atoms with E-state index in [0.29, 0.717) is 38.5 Å². The number of halogens is 2. The average molecular weight is 511 g/mol. The molecular formula is C30H20Cl2N2O2. The van der Waals surface area contributed by atoms with Crippen molar-refractivity contribution in [3.63, 3.8) is 0 Å². The van der Waals surface area contributed by atoms with E-state index < -0.39 is 0 Å². The fraction of sp³-hybridized carbons (Fsp3) is 0.0667. The van der Waals surface area contributed by atoms with Crippen LogP contribution in [0.25, 0.3) is 33.8 Å². The summed E-state index contributed by atoms with van der Waals surface area (Å²) in [6, 6.07) is 27.1. The molecule has 0 unspecified atom stereocenters. The van der Waals surface area contributed by atoms with Crippen molar-refractivity contribution in [3.05, 3.63) is 111 Å². The van der Waals surface area contributed by atoms with Gasteiger partial charge in [-0.1, -0.05) is 82.9 Å². The van der Waals surface area contributed by atoms with Crippen LogP contribution in [0.1, 0.15) is 22.5 Å². The molecule has 0 bridgehead atoms. The first-order valence-corrected chi connectivity index (χ1v) is 12.0. The average Bonchev–Trinajstić information content (AvgIpc) is 3.48. The summed E-state index contributed by atoms with van der Waals surface area (Å²) in [7, 11) is 0. The molecule has 0 radical (unpaired) electrons. The molecule has 0 aliphatic carbocycles. The van der Waals surface area contributed by atoms with E-state index in [1.54, 1.807) is 30.3 Å². The summed E-state index contributed by atoms with van der Waals surface area (Å²) in [6.45, 7) is 4.05. The van der Waals surface area contributed by atoms with Crippen molar-refractivity contribution >= 4 is 35.3 Å². The standard InChI is InChI=1S/C30H20Cl2N2O2/c1-18-3-7-20(8-4-18)28-25(16-33)30(36-29(28)21-9-5-19(2)6-10-21)34-17-23-12-14-27(35-23)24-13-11-22(31)15-26(24)32/h3-15,17H,1-2H3. The number of hydrogen-bond donors (Lipinski definition) is 0. The first kappa shape index (κ1) is 23.7. The van der Waals surface area contributed by atoms with E-state index in [9.17, 15) is 5.26 Å². The van der Waals surface area contributed by atoms with Gasteiger partial charge in [0.1, 0.15) is 28.9 Å². The Labute approximate surface area is 219 Å². The number of rotatable bonds is 5. The summed E-state index contributed by atoms with van der Waals surface area (Å²) in [5.74, 6) is 1.88. The van der Waals surface area contributed by atoms with Gasteiger partial charge in [0.25, 0.3) is 0 Å². The summed E-state index contributed by atoms with van der Waals surface area (Å²) >= 11 is 12.3. The number of aryl methyl sites for hydroxylation is 2. The van der Waals surface area contributed by atoms with Crippen molar-refractivity contribution in [1.29, 1.82) is 5.26 Å². The molecule has 0 aliphatic rings. The third-order valence-corrected chi connectivity index (χ3v) is 6.34. The highest BCUT2D eigenvalue weighted by Gasteiger charge is 2.23. The maximum atomic E-state index is 10.1. The molecule has 0 spiro atoms. The molecule has 0 aliphatic heterocycles. The van der Waals surface area contributed by atoms with Gasteiger partial charge in [0, 0.05) is 21.7 Å². The molecule has 0 saturated heterocycles. The summed E-state index contributed by atoms with van der Waals surface area (Å²) in [5.41, 5.74) is 5.81. The molecule has 0 saturated carbocycles. The van der Waals surface area contributed by atoms with Gasteiger partial charge >= 0.3 is 0 Å². The lowest BCUT2D eigenvalue weighted by molar-refractivity contribution is 0.572. The number of benzene rings is 3. The summed E-state index contributed by atoms with van der Waals surface area (Å²) in [6.07, 6.45) is 1.53. The van der Waals surface area contributed by atoms with Crippen molar-refractivity contribution in [1.82, 2.24) is 0 Å². The fourth-order valence-electron chi connectivity index (χ4n) is 3.90. The van der Waals surface area contributed by atoms with E-state index in [4.69, 9.17) is 32.0 Å². The van der Waals surface area contributed by atoms with Crippen LogP contribution in [0, 0.1) is 25.2 Å². The van der Waals surface area contributed by atoms with Gasteiger partial charge in [-0.15, -0.1) is 0 Å². The van der Waals surface area contributed by atoms with Crippen molar-refractivity contribution in [2.75, 3.05) is 0 Å². The SMILES string of the molecule is Cc1ccc(-c2oc(N=Cc3ccc(-c4ccc(Cl)cc4Cl)o3)c(C#N)c2-c2ccc(C)cc2)cc1. The minimum Gasteiger partial charge on any atom is -0.455 e. The molecule has 4 nitrogen and oxygen atoms in total. The van der Waals surface area contributed by atoms with Crippen LogP contribution in [0.4, 0.5) is 5.88 Å². The van der Waals surface area contributed by atoms with Crippen LogP contribution < -0.4 is 0 Å². The van der Waals surface area contributed by atoms with Crippen LogP contribution >= 0.6 is 23.2 Å². The molecule has 6 heteroatoms. The molecular weight excluding hydrogens is 491 g/mol. The number of aliphatic imine (C=N–C) groups is 1. The van der Waals surface area contributed by atoms with Gasteiger partial charge in [-0.25, -0.2) is 4.99 Å². The zero-order chi connectivity index (χ0) is 25.2. The molecule has 2 aromatic heterocycles. The lowest BCUT2D eigenvalue weighted by atomic mass is 9.97. The van der Waals surface area contributed by atoms with Gasteiger partial charge in [-0.3, -0.25) is 0 Å². The Balaban J connectivity index is 1.57. The van der Waals surface area contributed by atoms with Crippen LogP contribution in [-0.4, -0.2) is 6.21 Å². The predicted molar refractivity (Wildman–Crippen MR) is 145 cm³/mol. The van der Waals surface area contributed by atoms with Crippen LogP contribution in [-0.2, 0) is 0 Å². The van der Waals surface area contributed by atoms with E-state index in [2.05, 4.69) is 11.1 Å². The Morgan fingerprint density at radius 3 is 2.11 bits per heavy atom. The van der Waals surface area contributed by atoms with E-state index in [0.717, 1.165) is 27.8 Å². The Bertz CT molecular complexity index is 1620. The number of nitriles is 1. The van der Waals surface area contributed by atoms with Crippen molar-refractivity contribution in [2.24, 2.45) is 4.99 Å². The first-order valence-electron chi connectivity index (χ1n) is 11.2. The highest BCUT2D eigenvalue weighted by Crippen LogP contribution is 2.42. The summed E-state index contributed by atoms with van der Waals surface area (Å²) in [5, 5.41) is 11.1. The fourth-order valence-corrected chi connectivity index (χ4v) is 4.40. The Morgan fingerprint density at radius 1 is 0.806 bits per heavy atom. The van der Waals surface area contributed by atoms with E-state index in [1.807, 2.05) is 62.4 Å². The van der Waals surface area contributed by atoms with Gasteiger partial charge in [0.05, 0.1) is 11.2 Å². The van der Waals surface area contributed by atoms with Crippen molar-refractivity contribution < 1.29 is 8.83 Å². The molecule has 0 fully saturated rings. The van der Waals surface area contributed by atoms with Gasteiger partial charge in [0.15, 0.2) is 0 Å². The minimum absolute atomic E-state index is 0.214. The van der Waals surface area contributed by atoms with E-state index >= 15 is 0 Å². The monoisotopic (exact) mass is 510 g/mol. The smallest absolute Gasteiger partial charge is 0.238 e. The van der Waals surface area contributed by atoms with Gasteiger partial charge < -0.3 is 8.83 Å². The second-order valence-corrected chi connectivity index (χ2v) is 9.26. The van der Waals surface area contributed by atoms with Gasteiger partial charge in [-0.2, -0.15) is 5.26 Å². The molecule has 3 aromatic carbocycles. The maximum absolute atomic E-state index is 10.1. The Hall–Kier alpha value is -4.04. The molecule has 5 rings (SSSR count). The molecule has 36 heavy (non-hydrogen) atoms. The summed E-state index contributed by atoms with van der Waals surface area (Å²) in [4.78, 5) is 4.50. The van der Waals surface area contributed by atoms with Gasteiger partial charge in [-0.05, 0) is 49.7 Å². The second-order valence-electron chi connectivity index (χ2n) is 8.41. The lowest BCUT2D eigenvalue weighted by Crippen LogP contribution is -1.85. The zero-order valence-electron chi connectivity index (χ0n) is 19.5. The quantitative estimate of drug-likeness (QED) is 0.221. The molecule has 0 atom stereocenters. The highest BCUT2D eigenvalue weighted by molar-refractivity contribution is 6.36. The third kappa shape index (κ3) is 4.72. The lowest BCUT2D eigenvalue weighted by Gasteiger charge is -2.05. The number of hydrogen-bond acceptors (Lipinski definition) is 4. The Kier molecular flexibility index (Phi) is 6.52. The van der Waals surface area contributed by atoms with E-state index in [1.165, 1.54) is 6.21 Å². The number of nitrogens with zero attached hydrogens (tertiary/aromatic N) is 2. The molecule has 176 valence electrons. The van der Waals surface area contributed by atoms with Crippen LogP contribution in [0.3, 0.4) is 0 Å². The Morgan fingerprint density at radius 2 is 1.47 bits per heavy atom. The normalized spacial score (nSPS) is 11.2. The molecule has 0 N–H and O–H groups in total. The predicted octanol–water partition coefficient (Wildman–Crippen LogP) is 9.42. The first-order chi connectivity index (χ1) is 17.4. The molecule has 0 amide bonds. The third-order valence-electron chi connectivity index (χ3n) is 5.79. The maximum Gasteiger partial charge on any atom is 0.238 e. The highest BCUT2D eigenvalue weighted by atomic mass is 35.5. The molecule has 2 heterocycles. The second kappa shape index (κ2) is 9.91. The topological polar surface area (TPSA) is 62.4 Å². The van der Waals surface area contributed by atoms with Crippen LogP contribution in [0.5, 0.6) is 0 Å². The van der Waals surface area contributed by atoms with Gasteiger partial charge in [0.2, 0.25) is 5.88 Å². The van der Waals surface area contributed by atoms with Crippen LogP contribution in [0.15, 0.2) is 92.7 Å². The van der Waals surface area contributed by atoms with Crippen molar-refractivity contribution in [2.45, 2.75) is 13.8 Å². The minimum atomic E-state index is 0.214. The van der Waals surface area contributed by atoms with Crippen LogP contribution in [0.2, 0.25) is 10.0 Å². The summed E-state index contributed by atoms with van der Waals surface area (Å²) < 4.78 is 12.1. The largest absolute Gasteiger partial charge is 0.455 e. The van der Waals surface area contributed by atoms with Crippen molar-refractivity contribution in [3.8, 4) is 39.8 Å². The number of furan rings is 2. The zero-order valence-corrected chi connectivity index (χ0v) is 21.1.